The summed E-state index contributed by atoms with van der Waals surface area (Å²) < 4.78 is 6.08. The smallest absolute Gasteiger partial charge is 0.150 e. The third-order valence-corrected chi connectivity index (χ3v) is 6.75. The molecule has 4 aromatic rings. The summed E-state index contributed by atoms with van der Waals surface area (Å²) in [6.07, 6.45) is 6.92. The van der Waals surface area contributed by atoms with Gasteiger partial charge in [-0.2, -0.15) is 0 Å². The molecule has 1 aliphatic rings. The van der Waals surface area contributed by atoms with Crippen LogP contribution >= 0.6 is 0 Å². The fourth-order valence-electron chi connectivity index (χ4n) is 4.43. The maximum Gasteiger partial charge on any atom is 0.150 e. The number of phenols is 1. The quantitative estimate of drug-likeness (QED) is 0.277. The van der Waals surface area contributed by atoms with Crippen LogP contribution in [0.25, 0.3) is 22.3 Å². The van der Waals surface area contributed by atoms with E-state index < -0.39 is 0 Å². The molecule has 0 aromatic heterocycles. The van der Waals surface area contributed by atoms with Gasteiger partial charge >= 0.3 is 0 Å². The summed E-state index contributed by atoms with van der Waals surface area (Å²) in [5, 5.41) is 9.14. The van der Waals surface area contributed by atoms with Crippen LogP contribution in [-0.4, -0.2) is 23.8 Å². The lowest BCUT2D eigenvalue weighted by atomic mass is 9.89. The monoisotopic (exact) mass is 492 g/mol. The summed E-state index contributed by atoms with van der Waals surface area (Å²) in [5.74, 6) is 2.05. The highest BCUT2D eigenvalue weighted by molar-refractivity contribution is 5.77. The number of carbonyl (C=O) groups excluding carboxylic acids is 2. The van der Waals surface area contributed by atoms with Crippen molar-refractivity contribution in [2.75, 3.05) is 0 Å². The second-order valence-corrected chi connectivity index (χ2v) is 9.55. The molecule has 188 valence electrons. The molecule has 1 saturated carbocycles. The number of ether oxygens (including phenoxy) is 1. The molecule has 0 spiro atoms. The number of carbonyl (C=O) groups is 2. The van der Waals surface area contributed by atoms with E-state index in [4.69, 9.17) is 9.84 Å². The van der Waals surface area contributed by atoms with E-state index in [1.807, 2.05) is 60.7 Å². The van der Waals surface area contributed by atoms with Gasteiger partial charge in [0.2, 0.25) is 0 Å². The molecule has 37 heavy (non-hydrogen) atoms. The Morgan fingerprint density at radius 2 is 0.973 bits per heavy atom. The Balaban J connectivity index is 0.000000186. The second-order valence-electron chi connectivity index (χ2n) is 9.55. The number of benzene rings is 4. The molecule has 4 heteroatoms. The predicted octanol–water partition coefficient (Wildman–Crippen LogP) is 8.00. The summed E-state index contributed by atoms with van der Waals surface area (Å²) in [4.78, 5) is 21.2. The molecule has 0 heterocycles. The van der Waals surface area contributed by atoms with Crippen molar-refractivity contribution in [1.29, 1.82) is 0 Å². The third kappa shape index (κ3) is 7.40. The Labute approximate surface area is 218 Å². The lowest BCUT2D eigenvalue weighted by Crippen LogP contribution is -2.22. The summed E-state index contributed by atoms with van der Waals surface area (Å²) in [6.45, 7) is 2.32. The third-order valence-electron chi connectivity index (χ3n) is 6.75. The van der Waals surface area contributed by atoms with E-state index in [1.165, 1.54) is 12.8 Å². The van der Waals surface area contributed by atoms with E-state index in [0.29, 0.717) is 17.2 Å². The molecule has 0 atom stereocenters. The van der Waals surface area contributed by atoms with Crippen LogP contribution in [0.5, 0.6) is 11.5 Å². The molecule has 4 nitrogen and oxygen atoms in total. The fraction of sp³-hybridized carbons (Fsp3) is 0.212. The topological polar surface area (TPSA) is 63.6 Å². The average Bonchev–Trinajstić information content (AvgIpc) is 2.96. The first-order chi connectivity index (χ1) is 18.0. The van der Waals surface area contributed by atoms with E-state index in [-0.39, 0.29) is 5.75 Å². The summed E-state index contributed by atoms with van der Waals surface area (Å²) >= 11 is 0. The van der Waals surface area contributed by atoms with Crippen LogP contribution in [0, 0.1) is 5.92 Å². The first-order valence-corrected chi connectivity index (χ1v) is 12.7. The van der Waals surface area contributed by atoms with Crippen molar-refractivity contribution in [1.82, 2.24) is 0 Å². The van der Waals surface area contributed by atoms with Gasteiger partial charge in [0.1, 0.15) is 24.1 Å². The van der Waals surface area contributed by atoms with Crippen LogP contribution in [0.1, 0.15) is 53.3 Å². The van der Waals surface area contributed by atoms with Crippen LogP contribution in [-0.2, 0) is 0 Å². The first-order valence-electron chi connectivity index (χ1n) is 12.7. The fourth-order valence-corrected chi connectivity index (χ4v) is 4.43. The van der Waals surface area contributed by atoms with Gasteiger partial charge in [0.05, 0.1) is 6.10 Å². The number of hydrogen-bond acceptors (Lipinski definition) is 4. The zero-order valence-corrected chi connectivity index (χ0v) is 21.0. The molecule has 0 radical (unpaired) electrons. The predicted molar refractivity (Wildman–Crippen MR) is 148 cm³/mol. The first kappa shape index (κ1) is 25.9. The highest BCUT2D eigenvalue weighted by Crippen LogP contribution is 2.29. The minimum Gasteiger partial charge on any atom is -0.508 e. The van der Waals surface area contributed by atoms with E-state index >= 15 is 0 Å². The van der Waals surface area contributed by atoms with Gasteiger partial charge < -0.3 is 9.84 Å². The maximum absolute atomic E-state index is 10.7. The van der Waals surface area contributed by atoms with Crippen molar-refractivity contribution in [3.05, 3.63) is 108 Å². The minimum absolute atomic E-state index is 0.253. The molecule has 0 saturated heterocycles. The van der Waals surface area contributed by atoms with Gasteiger partial charge in [0.25, 0.3) is 0 Å². The van der Waals surface area contributed by atoms with Crippen LogP contribution in [0.2, 0.25) is 0 Å². The zero-order chi connectivity index (χ0) is 26.0. The number of aromatic hydroxyl groups is 1. The standard InChI is InChI=1S/C20H22O2.C13H10O2/c1-15-2-10-19(11-3-15)22-20-12-8-18(9-13-20)17-6-4-16(14-21)5-7-17;14-9-10-1-3-11(4-2-10)12-5-7-13(15)8-6-12/h4-9,12-15,19H,2-3,10-11H2,1H3;1-9,15H. The molecule has 5 rings (SSSR count). The average molecular weight is 493 g/mol. The van der Waals surface area contributed by atoms with Gasteiger partial charge in [0, 0.05) is 11.1 Å². The molecular weight excluding hydrogens is 460 g/mol. The number of aldehydes is 2. The normalized spacial score (nSPS) is 16.7. The molecule has 0 amide bonds. The molecule has 0 aliphatic heterocycles. The van der Waals surface area contributed by atoms with Gasteiger partial charge in [-0.1, -0.05) is 79.7 Å². The van der Waals surface area contributed by atoms with Crippen molar-refractivity contribution in [3.63, 3.8) is 0 Å². The van der Waals surface area contributed by atoms with E-state index in [1.54, 1.807) is 24.3 Å². The molecule has 1 fully saturated rings. The Morgan fingerprint density at radius 1 is 0.595 bits per heavy atom. The minimum atomic E-state index is 0.253. The Kier molecular flexibility index (Phi) is 8.88. The number of phenolic OH excluding ortho intramolecular Hbond substituents is 1. The van der Waals surface area contributed by atoms with Gasteiger partial charge in [0.15, 0.2) is 0 Å². The Hall–Kier alpha value is -4.18. The molecule has 1 aliphatic carbocycles. The van der Waals surface area contributed by atoms with Crippen LogP contribution in [0.3, 0.4) is 0 Å². The van der Waals surface area contributed by atoms with Crippen LogP contribution < -0.4 is 4.74 Å². The van der Waals surface area contributed by atoms with Crippen molar-refractivity contribution >= 4 is 12.6 Å². The lowest BCUT2D eigenvalue weighted by Gasteiger charge is -2.26. The van der Waals surface area contributed by atoms with Crippen molar-refractivity contribution in [3.8, 4) is 33.8 Å². The molecule has 0 unspecified atom stereocenters. The largest absolute Gasteiger partial charge is 0.508 e. The van der Waals surface area contributed by atoms with Crippen molar-refractivity contribution in [2.45, 2.75) is 38.7 Å². The molecular formula is C33H32O4. The zero-order valence-electron chi connectivity index (χ0n) is 21.0. The summed E-state index contributed by atoms with van der Waals surface area (Å²) in [6, 6.07) is 30.2. The summed E-state index contributed by atoms with van der Waals surface area (Å²) in [7, 11) is 0. The van der Waals surface area contributed by atoms with Gasteiger partial charge in [-0.05, 0) is 78.1 Å². The molecule has 1 N–H and O–H groups in total. The SMILES string of the molecule is CC1CCC(Oc2ccc(-c3ccc(C=O)cc3)cc2)CC1.O=Cc1ccc(-c2ccc(O)cc2)cc1. The molecule has 0 bridgehead atoms. The molecule has 4 aromatic carbocycles. The highest BCUT2D eigenvalue weighted by atomic mass is 16.5. The van der Waals surface area contributed by atoms with Crippen LogP contribution in [0.15, 0.2) is 97.1 Å². The maximum atomic E-state index is 10.7. The van der Waals surface area contributed by atoms with Crippen LogP contribution in [0.4, 0.5) is 0 Å². The van der Waals surface area contributed by atoms with E-state index in [2.05, 4.69) is 19.1 Å². The van der Waals surface area contributed by atoms with Crippen molar-refractivity contribution < 1.29 is 19.4 Å². The summed E-state index contributed by atoms with van der Waals surface area (Å²) in [5.41, 5.74) is 5.67. The number of rotatable bonds is 6. The van der Waals surface area contributed by atoms with E-state index in [0.717, 1.165) is 59.3 Å². The Morgan fingerprint density at radius 3 is 1.38 bits per heavy atom. The van der Waals surface area contributed by atoms with Gasteiger partial charge in [-0.15, -0.1) is 0 Å². The second kappa shape index (κ2) is 12.7. The van der Waals surface area contributed by atoms with E-state index in [9.17, 15) is 9.59 Å². The van der Waals surface area contributed by atoms with Gasteiger partial charge in [-0.3, -0.25) is 9.59 Å². The lowest BCUT2D eigenvalue weighted by molar-refractivity contribution is 0.111. The number of hydrogen-bond donors (Lipinski definition) is 1. The van der Waals surface area contributed by atoms with Gasteiger partial charge in [-0.25, -0.2) is 0 Å². The highest BCUT2D eigenvalue weighted by Gasteiger charge is 2.19. The van der Waals surface area contributed by atoms with Crippen molar-refractivity contribution in [2.24, 2.45) is 5.92 Å². The Bertz CT molecular complexity index is 1270.